The van der Waals surface area contributed by atoms with Gasteiger partial charge < -0.3 is 11.1 Å². The zero-order chi connectivity index (χ0) is 13.1. The Morgan fingerprint density at radius 3 is 2.67 bits per heavy atom. The minimum atomic E-state index is -0.516. The summed E-state index contributed by atoms with van der Waals surface area (Å²) in [6.07, 6.45) is 0.0519. The molecule has 1 aliphatic heterocycles. The molecular formula is C11H10ClN3O2S. The van der Waals surface area contributed by atoms with E-state index in [-0.39, 0.29) is 23.4 Å². The van der Waals surface area contributed by atoms with Crippen molar-refractivity contribution >= 4 is 46.0 Å². The van der Waals surface area contributed by atoms with Crippen molar-refractivity contribution in [3.63, 3.8) is 0 Å². The summed E-state index contributed by atoms with van der Waals surface area (Å²) < 4.78 is 0. The second-order valence-corrected chi connectivity index (χ2v) is 5.31. The topological polar surface area (TPSA) is 84.5 Å². The van der Waals surface area contributed by atoms with Gasteiger partial charge in [-0.2, -0.15) is 4.99 Å². The van der Waals surface area contributed by atoms with Crippen LogP contribution in [0.5, 0.6) is 0 Å². The molecule has 7 heteroatoms. The van der Waals surface area contributed by atoms with E-state index in [1.54, 1.807) is 24.3 Å². The number of amides is 2. The van der Waals surface area contributed by atoms with Crippen LogP contribution in [0.15, 0.2) is 29.3 Å². The van der Waals surface area contributed by atoms with Gasteiger partial charge in [-0.05, 0) is 24.3 Å². The van der Waals surface area contributed by atoms with E-state index in [0.717, 1.165) is 11.8 Å². The van der Waals surface area contributed by atoms with E-state index >= 15 is 0 Å². The van der Waals surface area contributed by atoms with Crippen LogP contribution in [0, 0.1) is 0 Å². The van der Waals surface area contributed by atoms with Gasteiger partial charge in [-0.1, -0.05) is 23.4 Å². The third-order valence-corrected chi connectivity index (χ3v) is 3.50. The molecule has 0 fully saturated rings. The molecule has 5 nitrogen and oxygen atoms in total. The van der Waals surface area contributed by atoms with Gasteiger partial charge >= 0.3 is 0 Å². The third kappa shape index (κ3) is 3.24. The molecule has 2 rings (SSSR count). The average molecular weight is 284 g/mol. The number of halogens is 1. The van der Waals surface area contributed by atoms with Crippen molar-refractivity contribution in [3.05, 3.63) is 29.3 Å². The minimum absolute atomic E-state index is 0.0519. The highest BCUT2D eigenvalue weighted by Gasteiger charge is 2.29. The first kappa shape index (κ1) is 12.9. The summed E-state index contributed by atoms with van der Waals surface area (Å²) in [6, 6.07) is 6.73. The second kappa shape index (κ2) is 5.41. The Morgan fingerprint density at radius 2 is 2.11 bits per heavy atom. The lowest BCUT2D eigenvalue weighted by Crippen LogP contribution is -2.21. The molecule has 0 radical (unpaired) electrons. The predicted octanol–water partition coefficient (Wildman–Crippen LogP) is 1.63. The van der Waals surface area contributed by atoms with Crippen molar-refractivity contribution in [2.75, 3.05) is 5.32 Å². The molecular weight excluding hydrogens is 274 g/mol. The van der Waals surface area contributed by atoms with Crippen LogP contribution in [-0.2, 0) is 9.59 Å². The molecule has 94 valence electrons. The molecule has 1 aliphatic rings. The van der Waals surface area contributed by atoms with Crippen LogP contribution in [0.3, 0.4) is 0 Å². The van der Waals surface area contributed by atoms with E-state index in [0.29, 0.717) is 10.7 Å². The number of carbonyl (C=O) groups is 2. The number of nitrogens with two attached hydrogens (primary N) is 1. The summed E-state index contributed by atoms with van der Waals surface area (Å²) in [5, 5.41) is 2.97. The first-order valence-electron chi connectivity index (χ1n) is 5.14. The lowest BCUT2D eigenvalue weighted by Gasteiger charge is -2.07. The van der Waals surface area contributed by atoms with Gasteiger partial charge in [0.25, 0.3) is 5.91 Å². The minimum Gasteiger partial charge on any atom is -0.378 e. The molecule has 0 spiro atoms. The van der Waals surface area contributed by atoms with Crippen LogP contribution in [-0.4, -0.2) is 22.2 Å². The number of nitrogens with one attached hydrogen (secondary N) is 1. The standard InChI is InChI=1S/C11H10ClN3O2S/c12-6-1-3-7(4-2-6)14-9(16)5-8-10(17)15-11(13)18-8/h1-4,8H,5H2,(H,14,16)(H2,13,15,17)/t8-/m0/s1. The normalized spacial score (nSPS) is 18.6. The first-order chi connectivity index (χ1) is 8.54. The summed E-state index contributed by atoms with van der Waals surface area (Å²) in [5.74, 6) is -0.614. The van der Waals surface area contributed by atoms with Crippen molar-refractivity contribution < 1.29 is 9.59 Å². The highest BCUT2D eigenvalue weighted by molar-refractivity contribution is 8.15. The Morgan fingerprint density at radius 1 is 1.44 bits per heavy atom. The van der Waals surface area contributed by atoms with Crippen LogP contribution >= 0.6 is 23.4 Å². The zero-order valence-corrected chi connectivity index (χ0v) is 10.8. The van der Waals surface area contributed by atoms with Crippen LogP contribution < -0.4 is 11.1 Å². The van der Waals surface area contributed by atoms with E-state index in [2.05, 4.69) is 10.3 Å². The maximum Gasteiger partial charge on any atom is 0.262 e. The molecule has 1 atom stereocenters. The van der Waals surface area contributed by atoms with Gasteiger partial charge in [0.1, 0.15) is 5.25 Å². The van der Waals surface area contributed by atoms with Gasteiger partial charge in [-0.3, -0.25) is 9.59 Å². The van der Waals surface area contributed by atoms with Gasteiger partial charge in [0.15, 0.2) is 5.17 Å². The Balaban J connectivity index is 1.90. The number of nitrogens with zero attached hydrogens (tertiary/aromatic N) is 1. The van der Waals surface area contributed by atoms with Crippen LogP contribution in [0.2, 0.25) is 5.02 Å². The Kier molecular flexibility index (Phi) is 3.88. The Labute approximate surface area is 113 Å². The van der Waals surface area contributed by atoms with Crippen LogP contribution in [0.1, 0.15) is 6.42 Å². The van der Waals surface area contributed by atoms with E-state index in [4.69, 9.17) is 17.3 Å². The molecule has 1 heterocycles. The fourth-order valence-corrected chi connectivity index (χ4v) is 2.39. The lowest BCUT2D eigenvalue weighted by molar-refractivity contribution is -0.121. The highest BCUT2D eigenvalue weighted by atomic mass is 35.5. The van der Waals surface area contributed by atoms with E-state index < -0.39 is 5.25 Å². The molecule has 0 aromatic heterocycles. The summed E-state index contributed by atoms with van der Waals surface area (Å²) in [5.41, 5.74) is 6.04. The number of thioether (sulfide) groups is 1. The molecule has 0 saturated heterocycles. The van der Waals surface area contributed by atoms with Gasteiger partial charge in [-0.25, -0.2) is 0 Å². The summed E-state index contributed by atoms with van der Waals surface area (Å²) in [6.45, 7) is 0. The molecule has 3 N–H and O–H groups in total. The van der Waals surface area contributed by atoms with E-state index in [1.807, 2.05) is 0 Å². The number of hydrogen-bond acceptors (Lipinski definition) is 4. The number of hydrogen-bond donors (Lipinski definition) is 2. The van der Waals surface area contributed by atoms with Crippen LogP contribution in [0.25, 0.3) is 0 Å². The zero-order valence-electron chi connectivity index (χ0n) is 9.22. The monoisotopic (exact) mass is 283 g/mol. The fraction of sp³-hybridized carbons (Fsp3) is 0.182. The molecule has 0 saturated carbocycles. The third-order valence-electron chi connectivity index (χ3n) is 2.26. The van der Waals surface area contributed by atoms with Crippen LogP contribution in [0.4, 0.5) is 5.69 Å². The SMILES string of the molecule is NC1=NC(=O)[C@H](CC(=O)Nc2ccc(Cl)cc2)S1. The van der Waals surface area contributed by atoms with Crippen molar-refractivity contribution in [2.24, 2.45) is 10.7 Å². The summed E-state index contributed by atoms with van der Waals surface area (Å²) >= 11 is 6.84. The number of anilines is 1. The predicted molar refractivity (Wildman–Crippen MR) is 72.7 cm³/mol. The number of benzene rings is 1. The van der Waals surface area contributed by atoms with E-state index in [9.17, 15) is 9.59 Å². The van der Waals surface area contributed by atoms with Gasteiger partial charge in [0.05, 0.1) is 0 Å². The maximum absolute atomic E-state index is 11.7. The van der Waals surface area contributed by atoms with Gasteiger partial charge in [0, 0.05) is 17.1 Å². The largest absolute Gasteiger partial charge is 0.378 e. The maximum atomic E-state index is 11.7. The molecule has 2 amide bonds. The molecule has 1 aromatic rings. The number of carbonyl (C=O) groups excluding carboxylic acids is 2. The van der Waals surface area contributed by atoms with Crippen molar-refractivity contribution in [1.29, 1.82) is 0 Å². The fourth-order valence-electron chi connectivity index (χ4n) is 1.45. The number of rotatable bonds is 3. The molecule has 0 bridgehead atoms. The molecule has 18 heavy (non-hydrogen) atoms. The Bertz CT molecular complexity index is 516. The molecule has 0 unspecified atom stereocenters. The first-order valence-corrected chi connectivity index (χ1v) is 6.40. The highest BCUT2D eigenvalue weighted by Crippen LogP contribution is 2.23. The summed E-state index contributed by atoms with van der Waals surface area (Å²) in [4.78, 5) is 26.6. The Hall–Kier alpha value is -1.53. The van der Waals surface area contributed by atoms with E-state index in [1.165, 1.54) is 0 Å². The number of aliphatic imine (C=N–C) groups is 1. The van der Waals surface area contributed by atoms with Gasteiger partial charge in [-0.15, -0.1) is 0 Å². The van der Waals surface area contributed by atoms with Crippen molar-refractivity contribution in [2.45, 2.75) is 11.7 Å². The van der Waals surface area contributed by atoms with Crippen molar-refractivity contribution in [3.8, 4) is 0 Å². The smallest absolute Gasteiger partial charge is 0.262 e. The second-order valence-electron chi connectivity index (χ2n) is 3.65. The summed E-state index contributed by atoms with van der Waals surface area (Å²) in [7, 11) is 0. The average Bonchev–Trinajstić information content (AvgIpc) is 2.61. The lowest BCUT2D eigenvalue weighted by atomic mass is 10.2. The van der Waals surface area contributed by atoms with Crippen molar-refractivity contribution in [1.82, 2.24) is 0 Å². The van der Waals surface area contributed by atoms with Gasteiger partial charge in [0.2, 0.25) is 5.91 Å². The molecule has 1 aromatic carbocycles. The number of amidine groups is 1. The molecule has 0 aliphatic carbocycles. The quantitative estimate of drug-likeness (QED) is 0.883.